The van der Waals surface area contributed by atoms with Gasteiger partial charge in [-0.2, -0.15) is 5.10 Å². The highest BCUT2D eigenvalue weighted by Gasteiger charge is 2.13. The molecule has 2 heterocycles. The van der Waals surface area contributed by atoms with Crippen molar-refractivity contribution in [2.45, 2.75) is 0 Å². The van der Waals surface area contributed by atoms with E-state index in [4.69, 9.17) is 0 Å². The minimum absolute atomic E-state index is 0.0734. The molecule has 2 aromatic carbocycles. The van der Waals surface area contributed by atoms with Gasteiger partial charge in [0, 0.05) is 22.7 Å². The summed E-state index contributed by atoms with van der Waals surface area (Å²) in [5.74, 6) is -0.0734. The Hall–Kier alpha value is -3.54. The lowest BCUT2D eigenvalue weighted by atomic mass is 10.2. The number of benzene rings is 2. The fraction of sp³-hybridized carbons (Fsp3) is 0. The SMILES string of the molecule is O=C(c1ccccc1)n1cc(/C=N/n2cnnc2)c2ccccc21. The summed E-state index contributed by atoms with van der Waals surface area (Å²) >= 11 is 0. The molecule has 0 aliphatic rings. The Bertz CT molecular complexity index is 1020. The van der Waals surface area contributed by atoms with E-state index in [1.807, 2.05) is 54.6 Å². The average molecular weight is 315 g/mol. The Morgan fingerprint density at radius 2 is 1.67 bits per heavy atom. The molecular weight excluding hydrogens is 302 g/mol. The van der Waals surface area contributed by atoms with Crippen molar-refractivity contribution >= 4 is 23.0 Å². The topological polar surface area (TPSA) is 65.1 Å². The third kappa shape index (κ3) is 2.50. The Labute approximate surface area is 137 Å². The van der Waals surface area contributed by atoms with Crippen molar-refractivity contribution in [1.82, 2.24) is 19.4 Å². The fourth-order valence-electron chi connectivity index (χ4n) is 2.58. The van der Waals surface area contributed by atoms with Gasteiger partial charge in [0.15, 0.2) is 0 Å². The Morgan fingerprint density at radius 1 is 0.958 bits per heavy atom. The van der Waals surface area contributed by atoms with Crippen LogP contribution in [0.3, 0.4) is 0 Å². The quantitative estimate of drug-likeness (QED) is 0.546. The molecular formula is C18H13N5O. The van der Waals surface area contributed by atoms with Crippen molar-refractivity contribution < 1.29 is 4.79 Å². The molecule has 116 valence electrons. The maximum atomic E-state index is 12.8. The van der Waals surface area contributed by atoms with Crippen molar-refractivity contribution in [3.05, 3.63) is 84.6 Å². The number of carbonyl (C=O) groups excluding carboxylic acids is 1. The number of para-hydroxylation sites is 1. The summed E-state index contributed by atoms with van der Waals surface area (Å²) in [6, 6.07) is 17.0. The molecule has 0 unspecified atom stereocenters. The van der Waals surface area contributed by atoms with Crippen LogP contribution in [0.4, 0.5) is 0 Å². The zero-order valence-corrected chi connectivity index (χ0v) is 12.6. The predicted molar refractivity (Wildman–Crippen MR) is 91.1 cm³/mol. The van der Waals surface area contributed by atoms with Crippen LogP contribution in [-0.4, -0.2) is 31.6 Å². The Morgan fingerprint density at radius 3 is 2.46 bits per heavy atom. The number of nitrogens with zero attached hydrogens (tertiary/aromatic N) is 5. The lowest BCUT2D eigenvalue weighted by Gasteiger charge is -2.03. The lowest BCUT2D eigenvalue weighted by molar-refractivity contribution is 0.0965. The largest absolute Gasteiger partial charge is 0.282 e. The number of fused-ring (bicyclic) bond motifs is 1. The molecule has 0 N–H and O–H groups in total. The highest BCUT2D eigenvalue weighted by Crippen LogP contribution is 2.21. The second-order valence-electron chi connectivity index (χ2n) is 5.23. The summed E-state index contributed by atoms with van der Waals surface area (Å²) in [6.07, 6.45) is 6.50. The van der Waals surface area contributed by atoms with Crippen LogP contribution in [0.1, 0.15) is 15.9 Å². The molecule has 2 aromatic heterocycles. The third-order valence-electron chi connectivity index (χ3n) is 3.72. The minimum atomic E-state index is -0.0734. The van der Waals surface area contributed by atoms with E-state index in [9.17, 15) is 4.79 Å². The minimum Gasteiger partial charge on any atom is -0.282 e. The van der Waals surface area contributed by atoms with E-state index < -0.39 is 0 Å². The molecule has 4 rings (SSSR count). The van der Waals surface area contributed by atoms with Crippen LogP contribution < -0.4 is 0 Å². The van der Waals surface area contributed by atoms with Crippen molar-refractivity contribution in [2.75, 3.05) is 0 Å². The number of aromatic nitrogens is 4. The molecule has 0 fully saturated rings. The Kier molecular flexibility index (Phi) is 3.47. The zero-order valence-electron chi connectivity index (χ0n) is 12.6. The van der Waals surface area contributed by atoms with Crippen LogP contribution in [0, 0.1) is 0 Å². The summed E-state index contributed by atoms with van der Waals surface area (Å²) in [7, 11) is 0. The van der Waals surface area contributed by atoms with Gasteiger partial charge in [-0.05, 0) is 18.2 Å². The van der Waals surface area contributed by atoms with Crippen LogP contribution >= 0.6 is 0 Å². The van der Waals surface area contributed by atoms with Gasteiger partial charge in [-0.25, -0.2) is 4.68 Å². The smallest absolute Gasteiger partial charge is 0.262 e. The Balaban J connectivity index is 1.81. The fourth-order valence-corrected chi connectivity index (χ4v) is 2.58. The van der Waals surface area contributed by atoms with Gasteiger partial charge in [0.1, 0.15) is 12.7 Å². The van der Waals surface area contributed by atoms with E-state index in [0.29, 0.717) is 5.56 Å². The summed E-state index contributed by atoms with van der Waals surface area (Å²) in [6.45, 7) is 0. The van der Waals surface area contributed by atoms with E-state index in [-0.39, 0.29) is 5.91 Å². The number of hydrogen-bond acceptors (Lipinski definition) is 4. The first-order valence-corrected chi connectivity index (χ1v) is 7.42. The van der Waals surface area contributed by atoms with Crippen LogP contribution in [0.15, 0.2) is 78.6 Å². The maximum Gasteiger partial charge on any atom is 0.262 e. The van der Waals surface area contributed by atoms with E-state index in [0.717, 1.165) is 16.5 Å². The van der Waals surface area contributed by atoms with Gasteiger partial charge in [-0.1, -0.05) is 36.4 Å². The van der Waals surface area contributed by atoms with E-state index >= 15 is 0 Å². The zero-order chi connectivity index (χ0) is 16.4. The monoisotopic (exact) mass is 315 g/mol. The van der Waals surface area contributed by atoms with Crippen molar-refractivity contribution in [3.8, 4) is 0 Å². The first-order valence-electron chi connectivity index (χ1n) is 7.42. The molecule has 0 spiro atoms. The molecule has 0 atom stereocenters. The normalized spacial score (nSPS) is 11.3. The van der Waals surface area contributed by atoms with Crippen molar-refractivity contribution in [1.29, 1.82) is 0 Å². The van der Waals surface area contributed by atoms with E-state index in [1.165, 1.54) is 17.3 Å². The first kappa shape index (κ1) is 14.1. The average Bonchev–Trinajstić information content (AvgIpc) is 3.28. The summed E-state index contributed by atoms with van der Waals surface area (Å²) in [4.78, 5) is 12.8. The third-order valence-corrected chi connectivity index (χ3v) is 3.72. The molecule has 6 heteroatoms. The van der Waals surface area contributed by atoms with Crippen LogP contribution in [0.2, 0.25) is 0 Å². The molecule has 0 aliphatic carbocycles. The van der Waals surface area contributed by atoms with Gasteiger partial charge in [0.05, 0.1) is 11.7 Å². The van der Waals surface area contributed by atoms with Gasteiger partial charge in [0.2, 0.25) is 0 Å². The van der Waals surface area contributed by atoms with Crippen LogP contribution in [-0.2, 0) is 0 Å². The molecule has 4 aromatic rings. The first-order chi connectivity index (χ1) is 11.8. The molecule has 6 nitrogen and oxygen atoms in total. The standard InChI is InChI=1S/C18H13N5O/c24-18(14-6-2-1-3-7-14)23-11-15(10-21-22-12-19-20-13-22)16-8-4-5-9-17(16)23/h1-13H/b21-10+. The summed E-state index contributed by atoms with van der Waals surface area (Å²) in [5, 5.41) is 12.7. The molecule has 24 heavy (non-hydrogen) atoms. The second kappa shape index (κ2) is 5.92. The van der Waals surface area contributed by atoms with Gasteiger partial charge >= 0.3 is 0 Å². The number of rotatable bonds is 3. The molecule has 0 saturated carbocycles. The highest BCUT2D eigenvalue weighted by molar-refractivity contribution is 6.07. The van der Waals surface area contributed by atoms with Crippen molar-refractivity contribution in [3.63, 3.8) is 0 Å². The molecule has 0 radical (unpaired) electrons. The van der Waals surface area contributed by atoms with Crippen LogP contribution in [0.25, 0.3) is 10.9 Å². The van der Waals surface area contributed by atoms with Gasteiger partial charge in [0.25, 0.3) is 5.91 Å². The van der Waals surface area contributed by atoms with E-state index in [2.05, 4.69) is 15.3 Å². The molecule has 0 amide bonds. The van der Waals surface area contributed by atoms with Gasteiger partial charge in [-0.15, -0.1) is 10.2 Å². The number of carbonyl (C=O) groups is 1. The van der Waals surface area contributed by atoms with Crippen LogP contribution in [0.5, 0.6) is 0 Å². The van der Waals surface area contributed by atoms with Gasteiger partial charge < -0.3 is 0 Å². The molecule has 0 bridgehead atoms. The number of hydrogen-bond donors (Lipinski definition) is 0. The van der Waals surface area contributed by atoms with E-state index in [1.54, 1.807) is 17.0 Å². The highest BCUT2D eigenvalue weighted by atomic mass is 16.2. The molecule has 0 saturated heterocycles. The van der Waals surface area contributed by atoms with Gasteiger partial charge in [-0.3, -0.25) is 9.36 Å². The van der Waals surface area contributed by atoms with Crippen molar-refractivity contribution in [2.24, 2.45) is 5.10 Å². The summed E-state index contributed by atoms with van der Waals surface area (Å²) < 4.78 is 3.16. The molecule has 0 aliphatic heterocycles. The summed E-state index contributed by atoms with van der Waals surface area (Å²) in [5.41, 5.74) is 2.33. The predicted octanol–water partition coefficient (Wildman–Crippen LogP) is 2.80. The maximum absolute atomic E-state index is 12.8. The lowest BCUT2D eigenvalue weighted by Crippen LogP contribution is -2.10. The second-order valence-corrected chi connectivity index (χ2v) is 5.23.